The molecular formula is C17H17FN2O. The number of halogens is 1. The minimum absolute atomic E-state index is 0.195. The van der Waals surface area contributed by atoms with Crippen LogP contribution >= 0.6 is 0 Å². The summed E-state index contributed by atoms with van der Waals surface area (Å²) in [5.41, 5.74) is 7.71. The molecule has 0 spiro atoms. The van der Waals surface area contributed by atoms with Gasteiger partial charge in [0, 0.05) is 24.0 Å². The number of nitrogens with zero attached hydrogens (tertiary/aromatic N) is 1. The zero-order valence-electron chi connectivity index (χ0n) is 11.8. The van der Waals surface area contributed by atoms with Crippen molar-refractivity contribution in [3.8, 4) is 0 Å². The van der Waals surface area contributed by atoms with Crippen LogP contribution in [0, 0.1) is 5.82 Å². The van der Waals surface area contributed by atoms with Crippen LogP contribution in [-0.2, 0) is 4.79 Å². The highest BCUT2D eigenvalue weighted by Gasteiger charge is 2.11. The van der Waals surface area contributed by atoms with E-state index in [4.69, 9.17) is 5.73 Å². The smallest absolute Gasteiger partial charge is 0.250 e. The summed E-state index contributed by atoms with van der Waals surface area (Å²) >= 11 is 0. The summed E-state index contributed by atoms with van der Waals surface area (Å²) in [6.45, 7) is 2.31. The number of nitrogen functional groups attached to an aromatic ring is 1. The van der Waals surface area contributed by atoms with Gasteiger partial charge in [-0.1, -0.05) is 18.2 Å². The molecule has 0 saturated heterocycles. The Morgan fingerprint density at radius 2 is 1.95 bits per heavy atom. The molecule has 0 aromatic heterocycles. The van der Waals surface area contributed by atoms with Gasteiger partial charge in [0.2, 0.25) is 0 Å². The number of hydrogen-bond acceptors (Lipinski definition) is 2. The average molecular weight is 284 g/mol. The van der Waals surface area contributed by atoms with Gasteiger partial charge in [-0.2, -0.15) is 0 Å². The van der Waals surface area contributed by atoms with Crippen molar-refractivity contribution < 1.29 is 9.18 Å². The molecule has 2 aromatic carbocycles. The molecule has 0 fully saturated rings. The Morgan fingerprint density at radius 1 is 1.24 bits per heavy atom. The highest BCUT2D eigenvalue weighted by molar-refractivity contribution is 6.03. The molecule has 2 N–H and O–H groups in total. The van der Waals surface area contributed by atoms with E-state index in [-0.39, 0.29) is 11.7 Å². The summed E-state index contributed by atoms with van der Waals surface area (Å²) in [5.74, 6) is -0.554. The lowest BCUT2D eigenvalue weighted by Crippen LogP contribution is -2.28. The molecule has 1 amide bonds. The van der Waals surface area contributed by atoms with E-state index >= 15 is 0 Å². The van der Waals surface area contributed by atoms with Crippen molar-refractivity contribution in [2.24, 2.45) is 0 Å². The molecule has 4 heteroatoms. The quantitative estimate of drug-likeness (QED) is 0.690. The van der Waals surface area contributed by atoms with Crippen LogP contribution in [0.2, 0.25) is 0 Å². The normalized spacial score (nSPS) is 10.8. The molecule has 3 nitrogen and oxygen atoms in total. The second kappa shape index (κ2) is 6.70. The van der Waals surface area contributed by atoms with Gasteiger partial charge in [-0.3, -0.25) is 4.79 Å². The Bertz CT molecular complexity index is 650. The molecule has 0 radical (unpaired) electrons. The third-order valence-electron chi connectivity index (χ3n) is 3.06. The van der Waals surface area contributed by atoms with Gasteiger partial charge in [0.15, 0.2) is 0 Å². The van der Waals surface area contributed by atoms with Crippen molar-refractivity contribution in [2.45, 2.75) is 6.92 Å². The highest BCUT2D eigenvalue weighted by Crippen LogP contribution is 2.16. The number of carbonyl (C=O) groups excluding carboxylic acids is 1. The van der Waals surface area contributed by atoms with Crippen molar-refractivity contribution in [2.75, 3.05) is 17.2 Å². The Hall–Kier alpha value is -2.62. The summed E-state index contributed by atoms with van der Waals surface area (Å²) in [6.07, 6.45) is 3.18. The van der Waals surface area contributed by atoms with E-state index in [0.717, 1.165) is 5.56 Å². The van der Waals surface area contributed by atoms with E-state index < -0.39 is 0 Å². The molecule has 0 saturated carbocycles. The zero-order chi connectivity index (χ0) is 15.2. The summed E-state index contributed by atoms with van der Waals surface area (Å²) < 4.78 is 13.2. The third kappa shape index (κ3) is 3.92. The first-order valence-electron chi connectivity index (χ1n) is 6.71. The summed E-state index contributed by atoms with van der Waals surface area (Å²) in [4.78, 5) is 13.7. The van der Waals surface area contributed by atoms with Gasteiger partial charge < -0.3 is 10.6 Å². The molecule has 0 aliphatic heterocycles. The number of likely N-dealkylation sites (N-methyl/N-ethyl adjacent to an activating group) is 1. The first-order valence-corrected chi connectivity index (χ1v) is 6.71. The van der Waals surface area contributed by atoms with E-state index in [1.807, 2.05) is 19.1 Å². The second-order valence-electron chi connectivity index (χ2n) is 4.56. The van der Waals surface area contributed by atoms with Gasteiger partial charge in [0.1, 0.15) is 5.82 Å². The van der Waals surface area contributed by atoms with Crippen molar-refractivity contribution in [1.29, 1.82) is 0 Å². The van der Waals surface area contributed by atoms with Gasteiger partial charge >= 0.3 is 0 Å². The topological polar surface area (TPSA) is 46.3 Å². The minimum Gasteiger partial charge on any atom is -0.399 e. The Balaban J connectivity index is 2.15. The van der Waals surface area contributed by atoms with Crippen LogP contribution in [0.4, 0.5) is 15.8 Å². The Labute approximate surface area is 123 Å². The van der Waals surface area contributed by atoms with Crippen LogP contribution in [0.3, 0.4) is 0 Å². The van der Waals surface area contributed by atoms with Crippen LogP contribution in [0.5, 0.6) is 0 Å². The maximum absolute atomic E-state index is 13.2. The first-order chi connectivity index (χ1) is 10.1. The molecule has 0 heterocycles. The number of anilines is 2. The zero-order valence-corrected chi connectivity index (χ0v) is 11.8. The highest BCUT2D eigenvalue weighted by atomic mass is 19.1. The number of amides is 1. The van der Waals surface area contributed by atoms with Gasteiger partial charge in [-0.05, 0) is 48.9 Å². The van der Waals surface area contributed by atoms with E-state index in [2.05, 4.69) is 0 Å². The number of hydrogen-bond donors (Lipinski definition) is 1. The van der Waals surface area contributed by atoms with E-state index in [9.17, 15) is 9.18 Å². The lowest BCUT2D eigenvalue weighted by atomic mass is 10.2. The molecule has 0 bridgehead atoms. The lowest BCUT2D eigenvalue weighted by Gasteiger charge is -2.19. The molecule has 108 valence electrons. The monoisotopic (exact) mass is 284 g/mol. The Morgan fingerprint density at radius 3 is 2.57 bits per heavy atom. The van der Waals surface area contributed by atoms with Crippen LogP contribution < -0.4 is 10.6 Å². The van der Waals surface area contributed by atoms with Crippen molar-refractivity contribution in [3.05, 3.63) is 66.0 Å². The maximum Gasteiger partial charge on any atom is 0.250 e. The lowest BCUT2D eigenvalue weighted by molar-refractivity contribution is -0.114. The van der Waals surface area contributed by atoms with Gasteiger partial charge in [-0.15, -0.1) is 0 Å². The second-order valence-corrected chi connectivity index (χ2v) is 4.56. The standard InChI is InChI=1S/C17H17FN2O/c1-2-20(16-5-3-4-14(18)12-16)17(21)11-8-13-6-9-15(19)10-7-13/h3-12H,2,19H2,1H3/b11-8+. The fraction of sp³-hybridized carbons (Fsp3) is 0.118. The van der Waals surface area contributed by atoms with Crippen LogP contribution in [-0.4, -0.2) is 12.5 Å². The molecule has 2 aromatic rings. The number of rotatable bonds is 4. The average Bonchev–Trinajstić information content (AvgIpc) is 2.47. The fourth-order valence-corrected chi connectivity index (χ4v) is 1.97. The molecule has 21 heavy (non-hydrogen) atoms. The molecular weight excluding hydrogens is 267 g/mol. The summed E-state index contributed by atoms with van der Waals surface area (Å²) in [6, 6.07) is 13.2. The third-order valence-corrected chi connectivity index (χ3v) is 3.06. The van der Waals surface area contributed by atoms with E-state index in [1.165, 1.54) is 23.1 Å². The van der Waals surface area contributed by atoms with Crippen molar-refractivity contribution >= 4 is 23.4 Å². The van der Waals surface area contributed by atoms with Crippen LogP contribution in [0.25, 0.3) is 6.08 Å². The largest absolute Gasteiger partial charge is 0.399 e. The van der Waals surface area contributed by atoms with Gasteiger partial charge in [-0.25, -0.2) is 4.39 Å². The molecule has 0 aliphatic rings. The van der Waals surface area contributed by atoms with Gasteiger partial charge in [0.25, 0.3) is 5.91 Å². The predicted octanol–water partition coefficient (Wildman–Crippen LogP) is 3.47. The molecule has 0 unspecified atom stereocenters. The number of carbonyl (C=O) groups is 1. The molecule has 0 aliphatic carbocycles. The van der Waals surface area contributed by atoms with E-state index in [1.54, 1.807) is 30.3 Å². The summed E-state index contributed by atoms with van der Waals surface area (Å²) in [5, 5.41) is 0. The van der Waals surface area contributed by atoms with Crippen LogP contribution in [0.15, 0.2) is 54.6 Å². The molecule has 2 rings (SSSR count). The summed E-state index contributed by atoms with van der Waals surface area (Å²) in [7, 11) is 0. The fourth-order valence-electron chi connectivity index (χ4n) is 1.97. The number of nitrogens with two attached hydrogens (primary N) is 1. The van der Waals surface area contributed by atoms with Gasteiger partial charge in [0.05, 0.1) is 0 Å². The maximum atomic E-state index is 13.2. The van der Waals surface area contributed by atoms with Crippen molar-refractivity contribution in [3.63, 3.8) is 0 Å². The first kappa shape index (κ1) is 14.8. The van der Waals surface area contributed by atoms with Crippen LogP contribution in [0.1, 0.15) is 12.5 Å². The van der Waals surface area contributed by atoms with Crippen molar-refractivity contribution in [1.82, 2.24) is 0 Å². The van der Waals surface area contributed by atoms with E-state index in [0.29, 0.717) is 17.9 Å². The SMILES string of the molecule is CCN(C(=O)/C=C/c1ccc(N)cc1)c1cccc(F)c1. The molecule has 0 atom stereocenters. The Kier molecular flexibility index (Phi) is 4.72. The number of benzene rings is 2. The predicted molar refractivity (Wildman–Crippen MR) is 84.3 cm³/mol. The minimum atomic E-state index is -0.360.